The smallest absolute Gasteiger partial charge is 0.109 e. The lowest BCUT2D eigenvalue weighted by Gasteiger charge is -2.13. The topological polar surface area (TPSA) is 42.7 Å². The lowest BCUT2D eigenvalue weighted by atomic mass is 10.1. The van der Waals surface area contributed by atoms with Gasteiger partial charge in [-0.3, -0.25) is 4.98 Å². The summed E-state index contributed by atoms with van der Waals surface area (Å²) in [5, 5.41) is 3.47. The summed E-state index contributed by atoms with van der Waals surface area (Å²) in [4.78, 5) is 8.42. The maximum atomic E-state index is 4.30. The van der Waals surface area contributed by atoms with E-state index < -0.39 is 0 Å². The molecule has 1 atom stereocenters. The molecule has 0 aromatic carbocycles. The molecule has 0 aliphatic rings. The molecule has 0 saturated heterocycles. The lowest BCUT2D eigenvalue weighted by Crippen LogP contribution is -2.22. The quantitative estimate of drug-likeness (QED) is 0.850. The van der Waals surface area contributed by atoms with Gasteiger partial charge >= 0.3 is 0 Å². The SMILES string of the molecule is C[C@@H](NCCc1nccn1C)c1cccnc1. The Morgan fingerprint density at radius 2 is 2.29 bits per heavy atom. The van der Waals surface area contributed by atoms with Crippen molar-refractivity contribution in [1.82, 2.24) is 19.9 Å². The minimum absolute atomic E-state index is 0.323. The molecule has 0 amide bonds. The van der Waals surface area contributed by atoms with Crippen molar-refractivity contribution in [3.05, 3.63) is 48.3 Å². The summed E-state index contributed by atoms with van der Waals surface area (Å²) in [6.45, 7) is 3.07. The Kier molecular flexibility index (Phi) is 3.88. The van der Waals surface area contributed by atoms with E-state index in [1.807, 2.05) is 31.7 Å². The van der Waals surface area contributed by atoms with Crippen LogP contribution < -0.4 is 5.32 Å². The number of rotatable bonds is 5. The number of nitrogens with one attached hydrogen (secondary N) is 1. The van der Waals surface area contributed by atoms with Gasteiger partial charge in [-0.05, 0) is 18.6 Å². The second-order valence-corrected chi connectivity index (χ2v) is 4.17. The molecule has 17 heavy (non-hydrogen) atoms. The van der Waals surface area contributed by atoms with Gasteiger partial charge in [0.25, 0.3) is 0 Å². The van der Waals surface area contributed by atoms with Gasteiger partial charge in [0.1, 0.15) is 5.82 Å². The molecule has 0 bridgehead atoms. The highest BCUT2D eigenvalue weighted by molar-refractivity contribution is 5.12. The Morgan fingerprint density at radius 1 is 1.41 bits per heavy atom. The summed E-state index contributed by atoms with van der Waals surface area (Å²) in [5.41, 5.74) is 1.22. The van der Waals surface area contributed by atoms with Gasteiger partial charge in [-0.1, -0.05) is 6.07 Å². The highest BCUT2D eigenvalue weighted by atomic mass is 15.0. The molecule has 2 aromatic rings. The molecule has 0 aliphatic heterocycles. The number of pyridine rings is 1. The van der Waals surface area contributed by atoms with Gasteiger partial charge in [0.05, 0.1) is 0 Å². The van der Waals surface area contributed by atoms with Crippen LogP contribution in [0.25, 0.3) is 0 Å². The van der Waals surface area contributed by atoms with E-state index in [-0.39, 0.29) is 0 Å². The van der Waals surface area contributed by atoms with Crippen LogP contribution in [0, 0.1) is 0 Å². The van der Waals surface area contributed by atoms with E-state index in [0.717, 1.165) is 18.8 Å². The van der Waals surface area contributed by atoms with Crippen molar-refractivity contribution >= 4 is 0 Å². The number of aromatic nitrogens is 3. The second kappa shape index (κ2) is 5.59. The first kappa shape index (κ1) is 11.8. The molecule has 0 unspecified atom stereocenters. The average Bonchev–Trinajstić information content (AvgIpc) is 2.76. The Morgan fingerprint density at radius 3 is 2.94 bits per heavy atom. The first-order valence-electron chi connectivity index (χ1n) is 5.87. The zero-order valence-electron chi connectivity index (χ0n) is 10.3. The van der Waals surface area contributed by atoms with E-state index in [9.17, 15) is 0 Å². The molecule has 4 nitrogen and oxygen atoms in total. The summed E-state index contributed by atoms with van der Waals surface area (Å²) in [5.74, 6) is 1.11. The van der Waals surface area contributed by atoms with Crippen LogP contribution in [0.4, 0.5) is 0 Å². The largest absolute Gasteiger partial charge is 0.338 e. The van der Waals surface area contributed by atoms with Crippen LogP contribution in [-0.4, -0.2) is 21.1 Å². The Hall–Kier alpha value is -1.68. The molecule has 0 radical (unpaired) electrons. The standard InChI is InChI=1S/C13H18N4/c1-11(12-4-3-6-14-10-12)15-7-5-13-16-8-9-17(13)2/h3-4,6,8-11,15H,5,7H2,1-2H3/t11-/m1/s1. The van der Waals surface area contributed by atoms with Crippen molar-refractivity contribution < 1.29 is 0 Å². The number of nitrogens with zero attached hydrogens (tertiary/aromatic N) is 3. The van der Waals surface area contributed by atoms with Crippen LogP contribution in [0.2, 0.25) is 0 Å². The molecule has 0 spiro atoms. The highest BCUT2D eigenvalue weighted by Gasteiger charge is 2.05. The monoisotopic (exact) mass is 230 g/mol. The summed E-state index contributed by atoms with van der Waals surface area (Å²) in [6.07, 6.45) is 8.44. The Balaban J connectivity index is 1.81. The van der Waals surface area contributed by atoms with Crippen LogP contribution in [0.3, 0.4) is 0 Å². The molecule has 2 aromatic heterocycles. The third-order valence-electron chi connectivity index (χ3n) is 2.90. The third kappa shape index (κ3) is 3.14. The maximum Gasteiger partial charge on any atom is 0.109 e. The summed E-state index contributed by atoms with van der Waals surface area (Å²) >= 11 is 0. The van der Waals surface area contributed by atoms with E-state index in [2.05, 4.69) is 32.8 Å². The predicted molar refractivity (Wildman–Crippen MR) is 67.6 cm³/mol. The molecule has 2 rings (SSSR count). The van der Waals surface area contributed by atoms with E-state index in [0.29, 0.717) is 6.04 Å². The van der Waals surface area contributed by atoms with Gasteiger partial charge in [0, 0.05) is 50.8 Å². The molecule has 2 heterocycles. The number of aryl methyl sites for hydroxylation is 1. The molecule has 0 fully saturated rings. The van der Waals surface area contributed by atoms with Crippen molar-refractivity contribution in [3.8, 4) is 0 Å². The van der Waals surface area contributed by atoms with Gasteiger partial charge < -0.3 is 9.88 Å². The molecular weight excluding hydrogens is 212 g/mol. The first-order valence-corrected chi connectivity index (χ1v) is 5.87. The van der Waals surface area contributed by atoms with Crippen LogP contribution in [0.1, 0.15) is 24.4 Å². The fourth-order valence-electron chi connectivity index (χ4n) is 1.79. The first-order chi connectivity index (χ1) is 8.27. The van der Waals surface area contributed by atoms with E-state index >= 15 is 0 Å². The van der Waals surface area contributed by atoms with Crippen molar-refractivity contribution in [2.75, 3.05) is 6.54 Å². The highest BCUT2D eigenvalue weighted by Crippen LogP contribution is 2.09. The Labute approximate surface area is 102 Å². The van der Waals surface area contributed by atoms with Gasteiger partial charge in [0.2, 0.25) is 0 Å². The molecule has 90 valence electrons. The predicted octanol–water partition coefficient (Wildman–Crippen LogP) is 1.71. The third-order valence-corrected chi connectivity index (χ3v) is 2.90. The maximum absolute atomic E-state index is 4.30. The van der Waals surface area contributed by atoms with E-state index in [1.54, 1.807) is 6.20 Å². The number of hydrogen-bond acceptors (Lipinski definition) is 3. The minimum atomic E-state index is 0.323. The van der Waals surface area contributed by atoms with Gasteiger partial charge in [-0.25, -0.2) is 4.98 Å². The molecule has 0 saturated carbocycles. The zero-order chi connectivity index (χ0) is 12.1. The van der Waals surface area contributed by atoms with Crippen molar-refractivity contribution in [1.29, 1.82) is 0 Å². The van der Waals surface area contributed by atoms with Gasteiger partial charge in [0.15, 0.2) is 0 Å². The van der Waals surface area contributed by atoms with Crippen LogP contribution >= 0.6 is 0 Å². The summed E-state index contributed by atoms with van der Waals surface area (Å²) in [6, 6.07) is 4.38. The summed E-state index contributed by atoms with van der Waals surface area (Å²) < 4.78 is 2.05. The average molecular weight is 230 g/mol. The normalized spacial score (nSPS) is 12.6. The Bertz CT molecular complexity index is 449. The van der Waals surface area contributed by atoms with Crippen LogP contribution in [-0.2, 0) is 13.5 Å². The minimum Gasteiger partial charge on any atom is -0.338 e. The van der Waals surface area contributed by atoms with Crippen LogP contribution in [0.15, 0.2) is 36.9 Å². The fraction of sp³-hybridized carbons (Fsp3) is 0.385. The summed E-state index contributed by atoms with van der Waals surface area (Å²) in [7, 11) is 2.02. The molecule has 0 aliphatic carbocycles. The zero-order valence-corrected chi connectivity index (χ0v) is 10.3. The molecule has 4 heteroatoms. The van der Waals surface area contributed by atoms with Gasteiger partial charge in [-0.2, -0.15) is 0 Å². The van der Waals surface area contributed by atoms with E-state index in [1.165, 1.54) is 5.56 Å². The van der Waals surface area contributed by atoms with Crippen molar-refractivity contribution in [2.45, 2.75) is 19.4 Å². The molecule has 1 N–H and O–H groups in total. The molecular formula is C13H18N4. The fourth-order valence-corrected chi connectivity index (χ4v) is 1.79. The number of hydrogen-bond donors (Lipinski definition) is 1. The van der Waals surface area contributed by atoms with E-state index in [4.69, 9.17) is 0 Å². The van der Waals surface area contributed by atoms with Crippen molar-refractivity contribution in [3.63, 3.8) is 0 Å². The van der Waals surface area contributed by atoms with Gasteiger partial charge in [-0.15, -0.1) is 0 Å². The van der Waals surface area contributed by atoms with Crippen LogP contribution in [0.5, 0.6) is 0 Å². The lowest BCUT2D eigenvalue weighted by molar-refractivity contribution is 0.563. The number of imidazole rings is 1. The second-order valence-electron chi connectivity index (χ2n) is 4.17. The van der Waals surface area contributed by atoms with Crippen molar-refractivity contribution in [2.24, 2.45) is 7.05 Å².